The van der Waals surface area contributed by atoms with Crippen molar-refractivity contribution < 1.29 is 14.7 Å². The molecule has 1 aromatic heterocycles. The van der Waals surface area contributed by atoms with E-state index in [2.05, 4.69) is 12.1 Å². The number of aromatic nitrogens is 1. The summed E-state index contributed by atoms with van der Waals surface area (Å²) < 4.78 is 1.95. The van der Waals surface area contributed by atoms with Gasteiger partial charge in [-0.25, -0.2) is 4.79 Å². The largest absolute Gasteiger partial charge is 0.478 e. The van der Waals surface area contributed by atoms with E-state index in [1.54, 1.807) is 17.0 Å². The molecule has 1 aliphatic rings. The highest BCUT2D eigenvalue weighted by atomic mass is 16.4. The number of hydrogen-bond acceptors (Lipinski definition) is 2. The van der Waals surface area contributed by atoms with Crippen LogP contribution in [-0.2, 0) is 19.4 Å². The number of carbonyl (C=O) groups excluding carboxylic acids is 1. The number of carboxylic acids is 1. The van der Waals surface area contributed by atoms with Crippen LogP contribution in [0.4, 0.5) is 0 Å². The molecule has 5 nitrogen and oxygen atoms in total. The summed E-state index contributed by atoms with van der Waals surface area (Å²) in [5, 5.41) is 10.7. The highest BCUT2D eigenvalue weighted by Crippen LogP contribution is 2.32. The zero-order valence-electron chi connectivity index (χ0n) is 16.0. The van der Waals surface area contributed by atoms with Crippen molar-refractivity contribution in [2.75, 3.05) is 13.6 Å². The fourth-order valence-electron chi connectivity index (χ4n) is 4.19. The predicted octanol–water partition coefficient (Wildman–Crippen LogP) is 3.99. The maximum Gasteiger partial charge on any atom is 0.337 e. The fourth-order valence-corrected chi connectivity index (χ4v) is 4.19. The minimum Gasteiger partial charge on any atom is -0.478 e. The maximum atomic E-state index is 13.2. The third-order valence-corrected chi connectivity index (χ3v) is 5.60. The molecule has 0 saturated heterocycles. The van der Waals surface area contributed by atoms with Crippen LogP contribution >= 0.6 is 0 Å². The van der Waals surface area contributed by atoms with Gasteiger partial charge in [-0.05, 0) is 42.9 Å². The summed E-state index contributed by atoms with van der Waals surface area (Å²) in [5.41, 5.74) is 3.73. The van der Waals surface area contributed by atoms with Crippen LogP contribution in [0.3, 0.4) is 0 Å². The van der Waals surface area contributed by atoms with Gasteiger partial charge < -0.3 is 14.6 Å². The van der Waals surface area contributed by atoms with Crippen LogP contribution in [0.25, 0.3) is 10.9 Å². The van der Waals surface area contributed by atoms with E-state index < -0.39 is 5.97 Å². The minimum absolute atomic E-state index is 0.0182. The van der Waals surface area contributed by atoms with Crippen molar-refractivity contribution in [2.24, 2.45) is 0 Å². The molecular formula is C23H24N2O3. The quantitative estimate of drug-likeness (QED) is 0.749. The Morgan fingerprint density at radius 2 is 1.86 bits per heavy atom. The number of fused-ring (bicyclic) bond motifs is 3. The van der Waals surface area contributed by atoms with Crippen molar-refractivity contribution in [2.45, 2.75) is 32.2 Å². The molecule has 0 fully saturated rings. The summed E-state index contributed by atoms with van der Waals surface area (Å²) in [4.78, 5) is 26.9. The van der Waals surface area contributed by atoms with Gasteiger partial charge in [-0.2, -0.15) is 0 Å². The monoisotopic (exact) mass is 376 g/mol. The van der Waals surface area contributed by atoms with Gasteiger partial charge in [0.1, 0.15) is 5.69 Å². The number of aromatic carboxylic acids is 1. The number of benzene rings is 2. The van der Waals surface area contributed by atoms with E-state index in [0.717, 1.165) is 48.7 Å². The molecule has 28 heavy (non-hydrogen) atoms. The third-order valence-electron chi connectivity index (χ3n) is 5.60. The summed E-state index contributed by atoms with van der Waals surface area (Å²) in [5.74, 6) is -0.979. The Labute approximate surface area is 164 Å². The Balaban J connectivity index is 1.92. The van der Waals surface area contributed by atoms with Crippen molar-refractivity contribution in [3.8, 4) is 0 Å². The number of carboxylic acid groups (broad SMARTS) is 1. The van der Waals surface area contributed by atoms with Crippen molar-refractivity contribution in [1.29, 1.82) is 0 Å². The second-order valence-electron chi connectivity index (χ2n) is 7.41. The second kappa shape index (κ2) is 7.50. The maximum absolute atomic E-state index is 13.2. The van der Waals surface area contributed by atoms with E-state index in [1.807, 2.05) is 35.9 Å². The smallest absolute Gasteiger partial charge is 0.337 e. The first kappa shape index (κ1) is 18.3. The van der Waals surface area contributed by atoms with Gasteiger partial charge in [0.05, 0.1) is 11.1 Å². The molecule has 1 aliphatic heterocycles. The first-order valence-electron chi connectivity index (χ1n) is 9.74. The number of nitrogens with zero attached hydrogens (tertiary/aromatic N) is 2. The normalized spacial score (nSPS) is 14.6. The third kappa shape index (κ3) is 3.17. The molecule has 0 bridgehead atoms. The number of amides is 1. The fraction of sp³-hybridized carbons (Fsp3) is 0.304. The van der Waals surface area contributed by atoms with Crippen molar-refractivity contribution in [3.63, 3.8) is 0 Å². The van der Waals surface area contributed by atoms with E-state index in [0.29, 0.717) is 17.8 Å². The molecular weight excluding hydrogens is 352 g/mol. The van der Waals surface area contributed by atoms with Crippen molar-refractivity contribution in [1.82, 2.24) is 9.47 Å². The standard InChI is InChI=1S/C23H24N2O3/c1-24-14-6-5-10-18-17-11-7-12-19(23(27)28)20(17)25(21(18)22(24)26)15-13-16-8-3-2-4-9-16/h2-4,7-9,11-12H,5-6,10,13-15H2,1H3,(H,27,28). The van der Waals surface area contributed by atoms with Gasteiger partial charge >= 0.3 is 5.97 Å². The Morgan fingerprint density at radius 1 is 1.07 bits per heavy atom. The lowest BCUT2D eigenvalue weighted by molar-refractivity contribution is 0.0696. The van der Waals surface area contributed by atoms with Gasteiger partial charge in [0, 0.05) is 25.5 Å². The molecule has 1 N–H and O–H groups in total. The Hall–Kier alpha value is -3.08. The van der Waals surface area contributed by atoms with Gasteiger partial charge in [0.2, 0.25) is 0 Å². The zero-order valence-corrected chi connectivity index (χ0v) is 16.0. The molecule has 0 saturated carbocycles. The molecule has 2 heterocycles. The van der Waals surface area contributed by atoms with Crippen LogP contribution in [0.2, 0.25) is 0 Å². The molecule has 2 aromatic carbocycles. The van der Waals surface area contributed by atoms with Gasteiger partial charge in [-0.15, -0.1) is 0 Å². The number of rotatable bonds is 4. The Kier molecular flexibility index (Phi) is 4.90. The molecule has 0 aliphatic carbocycles. The summed E-state index contributed by atoms with van der Waals surface area (Å²) in [6.07, 6.45) is 3.48. The van der Waals surface area contributed by atoms with Crippen molar-refractivity contribution >= 4 is 22.8 Å². The zero-order chi connectivity index (χ0) is 19.7. The van der Waals surface area contributed by atoms with Gasteiger partial charge in [-0.3, -0.25) is 4.79 Å². The first-order valence-corrected chi connectivity index (χ1v) is 9.74. The van der Waals surface area contributed by atoms with Gasteiger partial charge in [0.15, 0.2) is 0 Å². The van der Waals surface area contributed by atoms with Crippen LogP contribution in [0, 0.1) is 0 Å². The average molecular weight is 376 g/mol. The Morgan fingerprint density at radius 3 is 2.61 bits per heavy atom. The molecule has 0 spiro atoms. The number of carbonyl (C=O) groups is 2. The Bertz CT molecular complexity index is 1040. The van der Waals surface area contributed by atoms with E-state index >= 15 is 0 Å². The number of hydrogen-bond donors (Lipinski definition) is 1. The van der Waals surface area contributed by atoms with E-state index in [9.17, 15) is 14.7 Å². The van der Waals surface area contributed by atoms with Crippen LogP contribution in [0.15, 0.2) is 48.5 Å². The topological polar surface area (TPSA) is 62.5 Å². The molecule has 0 radical (unpaired) electrons. The summed E-state index contributed by atoms with van der Waals surface area (Å²) >= 11 is 0. The van der Waals surface area contributed by atoms with Crippen LogP contribution < -0.4 is 0 Å². The SMILES string of the molecule is CN1CCCCc2c(n(CCc3ccccc3)c3c(C(=O)O)cccc23)C1=O. The van der Waals surface area contributed by atoms with Crippen LogP contribution in [-0.4, -0.2) is 40.0 Å². The lowest BCUT2D eigenvalue weighted by atomic mass is 10.0. The molecule has 3 aromatic rings. The van der Waals surface area contributed by atoms with Gasteiger partial charge in [0.25, 0.3) is 5.91 Å². The average Bonchev–Trinajstić information content (AvgIpc) is 3.01. The molecule has 4 rings (SSSR count). The van der Waals surface area contributed by atoms with E-state index in [1.165, 1.54) is 0 Å². The molecule has 1 amide bonds. The number of aryl methyl sites for hydroxylation is 3. The van der Waals surface area contributed by atoms with Gasteiger partial charge in [-0.1, -0.05) is 42.5 Å². The molecule has 144 valence electrons. The predicted molar refractivity (Wildman–Crippen MR) is 109 cm³/mol. The summed E-state index contributed by atoms with van der Waals surface area (Å²) in [6.45, 7) is 1.30. The van der Waals surface area contributed by atoms with Crippen LogP contribution in [0.5, 0.6) is 0 Å². The van der Waals surface area contributed by atoms with E-state index in [-0.39, 0.29) is 11.5 Å². The van der Waals surface area contributed by atoms with Crippen molar-refractivity contribution in [3.05, 3.63) is 70.9 Å². The molecule has 5 heteroatoms. The number of para-hydroxylation sites is 1. The van der Waals surface area contributed by atoms with Crippen LogP contribution in [0.1, 0.15) is 44.8 Å². The molecule has 0 unspecified atom stereocenters. The lowest BCUT2D eigenvalue weighted by Gasteiger charge is -2.22. The van der Waals surface area contributed by atoms with E-state index in [4.69, 9.17) is 0 Å². The summed E-state index contributed by atoms with van der Waals surface area (Å²) in [7, 11) is 1.83. The first-order chi connectivity index (χ1) is 13.6. The summed E-state index contributed by atoms with van der Waals surface area (Å²) in [6, 6.07) is 15.4. The molecule has 0 atom stereocenters. The minimum atomic E-state index is -0.960. The second-order valence-corrected chi connectivity index (χ2v) is 7.41. The highest BCUT2D eigenvalue weighted by Gasteiger charge is 2.28. The lowest BCUT2D eigenvalue weighted by Crippen LogP contribution is -2.32. The highest BCUT2D eigenvalue weighted by molar-refractivity contribution is 6.08.